The van der Waals surface area contributed by atoms with Gasteiger partial charge in [-0.3, -0.25) is 13.7 Å². The summed E-state index contributed by atoms with van der Waals surface area (Å²) in [6, 6.07) is 17.1. The van der Waals surface area contributed by atoms with Crippen molar-refractivity contribution in [3.63, 3.8) is 0 Å². The van der Waals surface area contributed by atoms with Crippen molar-refractivity contribution >= 4 is 61.7 Å². The Bertz CT molecular complexity index is 6170. The number of fused-ring (bicyclic) bond motifs is 4. The van der Waals surface area contributed by atoms with Crippen LogP contribution in [0.15, 0.2) is 285 Å². The summed E-state index contributed by atoms with van der Waals surface area (Å²) < 4.78 is 278. The third-order valence-corrected chi connectivity index (χ3v) is 18.8. The highest BCUT2D eigenvalue weighted by Crippen LogP contribution is 2.40. The Morgan fingerprint density at radius 1 is 0.500 bits per heavy atom. The molecule has 0 aliphatic heterocycles. The van der Waals surface area contributed by atoms with E-state index in [1.54, 1.807) is 86.5 Å². The highest BCUT2D eigenvalue weighted by molar-refractivity contribution is 7.19. The number of aromatic nitrogens is 4. The Morgan fingerprint density at radius 3 is 1.92 bits per heavy atom. The molecular weight excluding hydrogens is 1040 g/mol. The smallest absolute Gasteiger partial charge is 0.269 e. The standard InChI is InChI=1S/C78H62N4OSi/c1-54-25-18-19-38-66(54)70-52-79-76(47-55(70)2)82-72-46-43-57(56-26-10-6-11-27-56)49-69(72)68-45-44-61(51-75(68)82)83-60-30-23-29-59(50-60)80-53-81(74-42-21-20-41-73(74)80)77-67(39-24-40-71(77)78(3,4)5)58-28-22-37-65(48-58)84(62-31-12-7-13-32-62,63-33-14-8-15-34-63)64-35-16-9-17-36-64/h6-52H,1-5H3/i1D3,2D3,7D,8D,9D,12D,13D,14D,15D,16D,17D,18D,19D,22D,25D,28D,31D,32D,33D,34D,35D,36D,37D,38D,48D. The quantitative estimate of drug-likeness (QED) is 0.0529. The number of rotatable bonds is 12. The van der Waals surface area contributed by atoms with E-state index in [4.69, 9.17) is 35.8 Å². The van der Waals surface area contributed by atoms with E-state index < -0.39 is 209 Å². The number of imidazole rings is 1. The lowest BCUT2D eigenvalue weighted by molar-refractivity contribution is -0.572. The number of hydrogen-bond acceptors (Lipinski definition) is 2. The summed E-state index contributed by atoms with van der Waals surface area (Å²) in [7, 11) is -6.24. The van der Waals surface area contributed by atoms with Gasteiger partial charge in [0.25, 0.3) is 6.33 Å². The fourth-order valence-corrected chi connectivity index (χ4v) is 14.5. The summed E-state index contributed by atoms with van der Waals surface area (Å²) in [5, 5.41) is -2.51. The molecule has 0 N–H and O–H groups in total. The van der Waals surface area contributed by atoms with E-state index in [0.717, 1.165) is 17.3 Å². The Morgan fingerprint density at radius 2 is 1.18 bits per heavy atom. The van der Waals surface area contributed by atoms with Gasteiger partial charge in [0.1, 0.15) is 17.3 Å². The molecule has 0 spiro atoms. The fraction of sp³-hybridized carbons (Fsp3) is 0.0769. The maximum atomic E-state index is 10.8. The third-order valence-electron chi connectivity index (χ3n) is 14.8. The minimum atomic E-state index is -6.24. The molecule has 404 valence electrons. The first-order valence-electron chi connectivity index (χ1n) is 41.0. The molecule has 0 aliphatic carbocycles. The van der Waals surface area contributed by atoms with Crippen LogP contribution in [0.4, 0.5) is 0 Å². The number of para-hydroxylation sites is 3. The van der Waals surface area contributed by atoms with Crippen molar-refractivity contribution in [2.75, 3.05) is 0 Å². The summed E-state index contributed by atoms with van der Waals surface area (Å²) in [5.74, 6) is 0.570. The molecule has 11 aromatic carbocycles. The van der Waals surface area contributed by atoms with Crippen LogP contribution in [-0.2, 0) is 5.41 Å². The molecule has 84 heavy (non-hydrogen) atoms. The summed E-state index contributed by atoms with van der Waals surface area (Å²) in [6.45, 7) is -0.515. The summed E-state index contributed by atoms with van der Waals surface area (Å²) in [5.41, 5.74) is 1.25. The van der Waals surface area contributed by atoms with Crippen molar-refractivity contribution in [3.05, 3.63) is 308 Å². The van der Waals surface area contributed by atoms with Crippen molar-refractivity contribution in [2.45, 2.75) is 39.9 Å². The molecular formula is C78H62N4OSi. The van der Waals surface area contributed by atoms with Gasteiger partial charge in [0.15, 0.2) is 8.07 Å². The van der Waals surface area contributed by atoms with E-state index in [2.05, 4.69) is 6.33 Å². The molecule has 0 unspecified atom stereocenters. The predicted octanol–water partition coefficient (Wildman–Crippen LogP) is 16.3. The zero-order valence-corrected chi connectivity index (χ0v) is 46.1. The molecule has 3 aromatic heterocycles. The van der Waals surface area contributed by atoms with E-state index in [-0.39, 0.29) is 34.1 Å². The van der Waals surface area contributed by atoms with Gasteiger partial charge in [-0.15, -0.1) is 0 Å². The van der Waals surface area contributed by atoms with Gasteiger partial charge in [-0.2, -0.15) is 0 Å². The van der Waals surface area contributed by atoms with Crippen LogP contribution in [0, 0.1) is 20.0 Å². The molecule has 3 heterocycles. The van der Waals surface area contributed by atoms with Gasteiger partial charge in [0, 0.05) is 36.8 Å². The average molecular weight is 1130 g/mol. The summed E-state index contributed by atoms with van der Waals surface area (Å²) >= 11 is 0. The molecule has 0 amide bonds. The van der Waals surface area contributed by atoms with Crippen molar-refractivity contribution in [3.8, 4) is 62.1 Å². The van der Waals surface area contributed by atoms with Gasteiger partial charge in [0.2, 0.25) is 0 Å². The molecule has 0 radical (unpaired) electrons. The van der Waals surface area contributed by atoms with E-state index in [9.17, 15) is 13.7 Å². The van der Waals surface area contributed by atoms with Crippen molar-refractivity contribution in [1.82, 2.24) is 14.1 Å². The van der Waals surface area contributed by atoms with Crippen LogP contribution in [0.3, 0.4) is 0 Å². The van der Waals surface area contributed by atoms with Crippen LogP contribution in [-0.4, -0.2) is 22.2 Å². The second-order valence-electron chi connectivity index (χ2n) is 20.8. The summed E-state index contributed by atoms with van der Waals surface area (Å²) in [6.07, 6.45) is 4.59. The minimum Gasteiger partial charge on any atom is -0.458 e. The van der Waals surface area contributed by atoms with Crippen LogP contribution < -0.4 is 30.1 Å². The first-order chi connectivity index (χ1) is 53.1. The van der Waals surface area contributed by atoms with E-state index in [0.29, 0.717) is 44.1 Å². The fourth-order valence-electron chi connectivity index (χ4n) is 11.0. The highest BCUT2D eigenvalue weighted by Gasteiger charge is 2.41. The molecule has 14 aromatic rings. The highest BCUT2D eigenvalue weighted by atomic mass is 28.3. The van der Waals surface area contributed by atoms with Crippen LogP contribution in [0.1, 0.15) is 77.2 Å². The first kappa shape index (κ1) is 29.2. The topological polar surface area (TPSA) is 35.9 Å². The Kier molecular flexibility index (Phi) is 7.41. The molecule has 14 rings (SSSR count). The third kappa shape index (κ3) is 9.12. The molecule has 0 saturated carbocycles. The van der Waals surface area contributed by atoms with E-state index >= 15 is 0 Å². The molecule has 0 saturated heterocycles. The van der Waals surface area contributed by atoms with Gasteiger partial charge in [-0.1, -0.05) is 245 Å². The lowest BCUT2D eigenvalue weighted by Gasteiger charge is -2.35. The number of nitrogens with zero attached hydrogens (tertiary/aromatic N) is 4. The van der Waals surface area contributed by atoms with Crippen LogP contribution in [0.5, 0.6) is 11.5 Å². The lowest BCUT2D eigenvalue weighted by Crippen LogP contribution is -2.74. The van der Waals surface area contributed by atoms with Crippen molar-refractivity contribution < 1.29 is 49.1 Å². The Balaban J connectivity index is 0.979. The second kappa shape index (κ2) is 21.3. The Labute approximate surface area is 533 Å². The zero-order chi connectivity index (χ0) is 82.0. The maximum Gasteiger partial charge on any atom is 0.269 e. The normalized spacial score (nSPS) is 17.1. The van der Waals surface area contributed by atoms with Crippen molar-refractivity contribution in [2.24, 2.45) is 0 Å². The van der Waals surface area contributed by atoms with E-state index in [1.165, 1.54) is 12.1 Å². The molecule has 0 fully saturated rings. The monoisotopic (exact) mass is 1130 g/mol. The number of ether oxygens (including phenoxy) is 1. The summed E-state index contributed by atoms with van der Waals surface area (Å²) in [4.78, 5) is 4.76. The van der Waals surface area contributed by atoms with E-state index in [1.807, 2.05) is 75.4 Å². The molecule has 0 bridgehead atoms. The first-order valence-corrected chi connectivity index (χ1v) is 28.5. The second-order valence-corrected chi connectivity index (χ2v) is 24.3. The molecule has 0 atom stereocenters. The molecule has 5 nitrogen and oxygen atoms in total. The largest absolute Gasteiger partial charge is 0.458 e. The zero-order valence-electron chi connectivity index (χ0n) is 74.1. The van der Waals surface area contributed by atoms with Gasteiger partial charge < -0.3 is 4.74 Å². The average Bonchev–Trinajstić information content (AvgIpc) is 1.62. The number of aryl methyl sites for hydroxylation is 1. The van der Waals surface area contributed by atoms with Crippen molar-refractivity contribution in [1.29, 1.82) is 0 Å². The lowest BCUT2D eigenvalue weighted by atomic mass is 9.83. The minimum absolute atomic E-state index is 0.0409. The predicted molar refractivity (Wildman–Crippen MR) is 350 cm³/mol. The van der Waals surface area contributed by atoms with Gasteiger partial charge in [-0.05, 0) is 133 Å². The van der Waals surface area contributed by atoms with Crippen LogP contribution in [0.25, 0.3) is 83.4 Å². The van der Waals surface area contributed by atoms with Gasteiger partial charge >= 0.3 is 0 Å². The van der Waals surface area contributed by atoms with Gasteiger partial charge in [-0.25, -0.2) is 4.98 Å². The number of pyridine rings is 1. The Hall–Kier alpha value is -10.1. The molecule has 6 heteroatoms. The maximum absolute atomic E-state index is 10.8. The van der Waals surface area contributed by atoms with Crippen LogP contribution >= 0.6 is 0 Å². The SMILES string of the molecule is [2H]c1c([2H])c([2H])c([Si](c2c([2H])c([2H])c([2H])c([2H])c2[2H])(c2c([2H])c([2H])c([2H])c([2H])c2[2H])c2c([2H])c([2H])c([2H])c(-c3cccc(C(C)(C)C)c3-[n+]3[c-]n(-c4cccc(Oc5ccc6c7cc(-c8ccccc8)ccc7n(-c7cc(C([2H])([2H])[2H])c(-c8c([2H])c([2H])c([2H])c([2H])c8C([2H])([2H])[2H])cn7)c6c5)c4)c4ccccc43)c2[2H])c([2H])c1[2H]. The van der Waals surface area contributed by atoms with Gasteiger partial charge in [0.05, 0.1) is 65.0 Å². The molecule has 0 aliphatic rings. The van der Waals surface area contributed by atoms with Crippen LogP contribution in [0.2, 0.25) is 0 Å². The number of hydrogen-bond donors (Lipinski definition) is 0. The number of benzene rings is 11.